The van der Waals surface area contributed by atoms with Gasteiger partial charge in [0.2, 0.25) is 0 Å². The van der Waals surface area contributed by atoms with E-state index in [0.29, 0.717) is 21.8 Å². The fourth-order valence-electron chi connectivity index (χ4n) is 3.86. The highest BCUT2D eigenvalue weighted by atomic mass is 35.5. The number of carbonyl (C=O) groups is 2. The van der Waals surface area contributed by atoms with Crippen LogP contribution in [0.3, 0.4) is 0 Å². The lowest BCUT2D eigenvalue weighted by molar-refractivity contribution is -0.120. The first-order chi connectivity index (χ1) is 15.2. The van der Waals surface area contributed by atoms with Gasteiger partial charge in [0, 0.05) is 10.7 Å². The van der Waals surface area contributed by atoms with E-state index in [0.717, 1.165) is 33.5 Å². The molecule has 1 aliphatic rings. The minimum absolute atomic E-state index is 0.274. The van der Waals surface area contributed by atoms with Gasteiger partial charge in [0.1, 0.15) is 5.70 Å². The third-order valence-corrected chi connectivity index (χ3v) is 6.29. The van der Waals surface area contributed by atoms with Gasteiger partial charge in [-0.3, -0.25) is 9.59 Å². The van der Waals surface area contributed by atoms with Crippen molar-refractivity contribution >= 4 is 40.4 Å². The summed E-state index contributed by atoms with van der Waals surface area (Å²) in [7, 11) is 0. The Bertz CT molecular complexity index is 1310. The fraction of sp³-hybridized carbons (Fsp3) is 0.185. The highest BCUT2D eigenvalue weighted by molar-refractivity contribution is 6.46. The summed E-state index contributed by atoms with van der Waals surface area (Å²) in [5.41, 5.74) is 7.85. The molecule has 1 aliphatic heterocycles. The molecule has 0 spiro atoms. The zero-order valence-corrected chi connectivity index (χ0v) is 19.6. The zero-order chi connectivity index (χ0) is 23.2. The summed E-state index contributed by atoms with van der Waals surface area (Å²) in [6, 6.07) is 16.9. The monoisotopic (exact) mass is 444 g/mol. The second-order valence-electron chi connectivity index (χ2n) is 8.35. The topological polar surface area (TPSA) is 49.4 Å². The van der Waals surface area contributed by atoms with Crippen LogP contribution in [0.1, 0.15) is 33.4 Å². The molecule has 0 bridgehead atoms. The molecule has 3 aromatic rings. The fourth-order valence-corrected chi connectivity index (χ4v) is 4.09. The van der Waals surface area contributed by atoms with Crippen molar-refractivity contribution in [1.82, 2.24) is 0 Å². The summed E-state index contributed by atoms with van der Waals surface area (Å²) in [6.45, 7) is 9.91. The normalized spacial score (nSPS) is 13.9. The van der Waals surface area contributed by atoms with Crippen LogP contribution in [0.2, 0.25) is 5.02 Å². The van der Waals surface area contributed by atoms with Gasteiger partial charge in [0.05, 0.1) is 11.3 Å². The first-order valence-corrected chi connectivity index (χ1v) is 10.9. The molecule has 5 heteroatoms. The Labute approximate surface area is 193 Å². The number of hydrogen-bond acceptors (Lipinski definition) is 3. The number of benzene rings is 3. The van der Waals surface area contributed by atoms with Crippen LogP contribution in [-0.2, 0) is 9.59 Å². The number of carbonyl (C=O) groups excluding carboxylic acids is 2. The maximum absolute atomic E-state index is 13.6. The quantitative estimate of drug-likeness (QED) is 0.482. The summed E-state index contributed by atoms with van der Waals surface area (Å²) >= 11 is 6.11. The maximum Gasteiger partial charge on any atom is 0.282 e. The number of hydrogen-bond donors (Lipinski definition) is 1. The highest BCUT2D eigenvalue weighted by Gasteiger charge is 2.41. The molecule has 1 N–H and O–H groups in total. The van der Waals surface area contributed by atoms with E-state index in [1.807, 2.05) is 71.0 Å². The van der Waals surface area contributed by atoms with Crippen LogP contribution >= 0.6 is 11.6 Å². The number of nitrogens with one attached hydrogen (secondary N) is 1. The molecule has 0 aromatic heterocycles. The molecule has 2 amide bonds. The predicted octanol–water partition coefficient (Wildman–Crippen LogP) is 6.28. The van der Waals surface area contributed by atoms with Crippen LogP contribution in [0.4, 0.5) is 11.4 Å². The van der Waals surface area contributed by atoms with Crippen molar-refractivity contribution in [2.75, 3.05) is 10.2 Å². The number of nitrogens with zero attached hydrogens (tertiary/aromatic N) is 1. The number of rotatable bonds is 4. The zero-order valence-electron chi connectivity index (χ0n) is 18.8. The van der Waals surface area contributed by atoms with Crippen molar-refractivity contribution in [2.45, 2.75) is 34.6 Å². The molecule has 0 fully saturated rings. The van der Waals surface area contributed by atoms with Crippen molar-refractivity contribution in [3.05, 3.63) is 98.7 Å². The lowest BCUT2D eigenvalue weighted by Crippen LogP contribution is -2.33. The lowest BCUT2D eigenvalue weighted by atomic mass is 9.99. The van der Waals surface area contributed by atoms with E-state index in [2.05, 4.69) is 5.32 Å². The predicted molar refractivity (Wildman–Crippen MR) is 131 cm³/mol. The van der Waals surface area contributed by atoms with Crippen LogP contribution in [0, 0.1) is 34.6 Å². The Hall–Kier alpha value is -3.37. The van der Waals surface area contributed by atoms with Gasteiger partial charge in [-0.05, 0) is 98.3 Å². The minimum atomic E-state index is -0.383. The van der Waals surface area contributed by atoms with Crippen molar-refractivity contribution in [3.8, 4) is 0 Å². The number of aryl methyl sites for hydroxylation is 5. The molecule has 4 rings (SSSR count). The molecule has 4 nitrogen and oxygen atoms in total. The second-order valence-corrected chi connectivity index (χ2v) is 8.79. The highest BCUT2D eigenvalue weighted by Crippen LogP contribution is 2.36. The van der Waals surface area contributed by atoms with Crippen molar-refractivity contribution in [1.29, 1.82) is 0 Å². The van der Waals surface area contributed by atoms with Gasteiger partial charge in [-0.2, -0.15) is 0 Å². The largest absolute Gasteiger partial charge is 0.350 e. The Morgan fingerprint density at radius 3 is 1.97 bits per heavy atom. The van der Waals surface area contributed by atoms with Gasteiger partial charge >= 0.3 is 0 Å². The Morgan fingerprint density at radius 2 is 1.34 bits per heavy atom. The van der Waals surface area contributed by atoms with Gasteiger partial charge in [0.25, 0.3) is 11.8 Å². The van der Waals surface area contributed by atoms with Crippen LogP contribution in [0.25, 0.3) is 5.57 Å². The van der Waals surface area contributed by atoms with E-state index in [9.17, 15) is 9.59 Å². The van der Waals surface area contributed by atoms with Gasteiger partial charge in [-0.25, -0.2) is 4.90 Å². The van der Waals surface area contributed by atoms with Gasteiger partial charge in [-0.15, -0.1) is 0 Å². The van der Waals surface area contributed by atoms with Crippen LogP contribution in [0.15, 0.2) is 60.3 Å². The molecule has 162 valence electrons. The van der Waals surface area contributed by atoms with Crippen molar-refractivity contribution < 1.29 is 9.59 Å². The average Bonchev–Trinajstić information content (AvgIpc) is 2.97. The Morgan fingerprint density at radius 1 is 0.688 bits per heavy atom. The number of anilines is 2. The van der Waals surface area contributed by atoms with Crippen molar-refractivity contribution in [2.24, 2.45) is 0 Å². The van der Waals surface area contributed by atoms with E-state index >= 15 is 0 Å². The standard InChI is InChI=1S/C27H25ClN2O2/c1-15-6-8-20(12-17(15)3)24-25(29-22-10-7-16(2)18(4)14-22)27(32)30(26(24)31)23-11-9-21(28)13-19(23)5/h6-14,29H,1-5H3. The summed E-state index contributed by atoms with van der Waals surface area (Å²) in [5, 5.41) is 3.80. The van der Waals surface area contributed by atoms with E-state index in [4.69, 9.17) is 11.6 Å². The molecule has 0 radical (unpaired) electrons. The molecule has 1 heterocycles. The first-order valence-electron chi connectivity index (χ1n) is 10.5. The third kappa shape index (κ3) is 3.82. The summed E-state index contributed by atoms with van der Waals surface area (Å²) in [6.07, 6.45) is 0. The lowest BCUT2D eigenvalue weighted by Gasteiger charge is -2.18. The molecule has 0 atom stereocenters. The Balaban J connectivity index is 1.87. The van der Waals surface area contributed by atoms with E-state index in [1.165, 1.54) is 4.90 Å². The molecule has 0 unspecified atom stereocenters. The second kappa shape index (κ2) is 8.29. The maximum atomic E-state index is 13.6. The molecule has 0 saturated carbocycles. The average molecular weight is 445 g/mol. The van der Waals surface area contributed by atoms with Gasteiger partial charge in [-0.1, -0.05) is 35.9 Å². The van der Waals surface area contributed by atoms with Crippen LogP contribution in [0.5, 0.6) is 0 Å². The molecule has 32 heavy (non-hydrogen) atoms. The number of amides is 2. The minimum Gasteiger partial charge on any atom is -0.350 e. The van der Waals surface area contributed by atoms with E-state index in [-0.39, 0.29) is 17.5 Å². The molecule has 0 saturated heterocycles. The van der Waals surface area contributed by atoms with E-state index < -0.39 is 0 Å². The Kier molecular flexibility index (Phi) is 5.66. The first kappa shape index (κ1) is 21.8. The number of imide groups is 1. The van der Waals surface area contributed by atoms with Crippen LogP contribution < -0.4 is 10.2 Å². The SMILES string of the molecule is Cc1ccc(NC2=C(c3ccc(C)c(C)c3)C(=O)N(c3ccc(Cl)cc3C)C2=O)cc1C. The van der Waals surface area contributed by atoms with Crippen LogP contribution in [-0.4, -0.2) is 11.8 Å². The van der Waals surface area contributed by atoms with Gasteiger partial charge in [0.15, 0.2) is 0 Å². The smallest absolute Gasteiger partial charge is 0.282 e. The molecule has 3 aromatic carbocycles. The number of halogens is 1. The van der Waals surface area contributed by atoms with E-state index in [1.54, 1.807) is 18.2 Å². The van der Waals surface area contributed by atoms with Gasteiger partial charge < -0.3 is 5.32 Å². The molecule has 0 aliphatic carbocycles. The van der Waals surface area contributed by atoms with Crippen molar-refractivity contribution in [3.63, 3.8) is 0 Å². The summed E-state index contributed by atoms with van der Waals surface area (Å²) < 4.78 is 0. The summed E-state index contributed by atoms with van der Waals surface area (Å²) in [5.74, 6) is -0.734. The summed E-state index contributed by atoms with van der Waals surface area (Å²) in [4.78, 5) is 28.5. The molecular weight excluding hydrogens is 420 g/mol. The third-order valence-electron chi connectivity index (χ3n) is 6.06. The molecular formula is C27H25ClN2O2.